The molecule has 0 amide bonds. The minimum absolute atomic E-state index is 0.162. The quantitative estimate of drug-likeness (QED) is 0.749. The van der Waals surface area contributed by atoms with Crippen molar-refractivity contribution in [1.82, 2.24) is 9.97 Å². The highest BCUT2D eigenvalue weighted by atomic mass is 79.9. The maximum atomic E-state index is 5.91. The first kappa shape index (κ1) is 13.6. The Morgan fingerprint density at radius 3 is 2.72 bits per heavy atom. The molecule has 3 N–H and O–H groups in total. The molecule has 1 aromatic carbocycles. The Balaban J connectivity index is 2.43. The van der Waals surface area contributed by atoms with Gasteiger partial charge in [0.15, 0.2) is 5.82 Å². The zero-order valence-electron chi connectivity index (χ0n) is 9.34. The number of nitrogens with two attached hydrogens (primary N) is 1. The summed E-state index contributed by atoms with van der Waals surface area (Å²) in [4.78, 5) is 8.07. The lowest BCUT2D eigenvalue weighted by molar-refractivity contribution is 1.11. The third kappa shape index (κ3) is 2.93. The van der Waals surface area contributed by atoms with E-state index in [2.05, 4.69) is 47.1 Å². The Labute approximate surface area is 126 Å². The van der Waals surface area contributed by atoms with Crippen LogP contribution in [0.25, 0.3) is 0 Å². The summed E-state index contributed by atoms with van der Waals surface area (Å²) in [5.74, 6) is 0.492. The van der Waals surface area contributed by atoms with Gasteiger partial charge in [0.2, 0.25) is 5.28 Å². The van der Waals surface area contributed by atoms with Gasteiger partial charge < -0.3 is 11.1 Å². The summed E-state index contributed by atoms with van der Waals surface area (Å²) in [6.45, 7) is 1.78. The number of hydrogen-bond donors (Lipinski definition) is 2. The predicted molar refractivity (Wildman–Crippen MR) is 81.3 cm³/mol. The molecule has 0 bridgehead atoms. The van der Waals surface area contributed by atoms with Crippen LogP contribution in [0, 0.1) is 6.92 Å². The summed E-state index contributed by atoms with van der Waals surface area (Å²) >= 11 is 12.7. The molecule has 94 valence electrons. The Morgan fingerprint density at radius 1 is 1.28 bits per heavy atom. The summed E-state index contributed by atoms with van der Waals surface area (Å²) in [7, 11) is 0. The first-order valence-electron chi connectivity index (χ1n) is 4.99. The summed E-state index contributed by atoms with van der Waals surface area (Å²) in [5.41, 5.74) is 7.87. The molecule has 0 aliphatic carbocycles. The largest absolute Gasteiger partial charge is 0.394 e. The van der Waals surface area contributed by atoms with E-state index in [1.54, 1.807) is 6.92 Å². The van der Waals surface area contributed by atoms with Crippen LogP contribution in [-0.2, 0) is 0 Å². The van der Waals surface area contributed by atoms with Crippen LogP contribution >= 0.6 is 43.5 Å². The monoisotopic (exact) mass is 390 g/mol. The molecule has 0 saturated heterocycles. The van der Waals surface area contributed by atoms with E-state index in [1.807, 2.05) is 18.2 Å². The fraction of sp³-hybridized carbons (Fsp3) is 0.0909. The highest BCUT2D eigenvalue weighted by Crippen LogP contribution is 2.31. The van der Waals surface area contributed by atoms with Gasteiger partial charge >= 0.3 is 0 Å². The molecule has 0 saturated carbocycles. The predicted octanol–water partition coefficient (Wildman–Crippen LogP) is 4.29. The molecule has 0 fully saturated rings. The van der Waals surface area contributed by atoms with Crippen LogP contribution in [-0.4, -0.2) is 9.97 Å². The maximum absolute atomic E-state index is 5.91. The summed E-state index contributed by atoms with van der Waals surface area (Å²) in [5, 5.41) is 3.29. The molecule has 0 spiro atoms. The Bertz CT molecular complexity index is 604. The summed E-state index contributed by atoms with van der Waals surface area (Å²) < 4.78 is 1.85. The van der Waals surface area contributed by atoms with Crippen LogP contribution in [0.2, 0.25) is 5.28 Å². The summed E-state index contributed by atoms with van der Waals surface area (Å²) in [6, 6.07) is 5.75. The van der Waals surface area contributed by atoms with Crippen molar-refractivity contribution in [3.8, 4) is 0 Å². The van der Waals surface area contributed by atoms with Crippen molar-refractivity contribution in [1.29, 1.82) is 0 Å². The van der Waals surface area contributed by atoms with E-state index in [0.29, 0.717) is 17.2 Å². The molecule has 4 nitrogen and oxygen atoms in total. The van der Waals surface area contributed by atoms with Gasteiger partial charge in [0, 0.05) is 8.95 Å². The van der Waals surface area contributed by atoms with Gasteiger partial charge in [-0.25, -0.2) is 4.98 Å². The van der Waals surface area contributed by atoms with Crippen molar-refractivity contribution in [3.05, 3.63) is 38.1 Å². The number of nitrogens with zero attached hydrogens (tertiary/aromatic N) is 2. The minimum Gasteiger partial charge on any atom is -0.394 e. The van der Waals surface area contributed by atoms with E-state index in [-0.39, 0.29) is 5.28 Å². The van der Waals surface area contributed by atoms with Crippen molar-refractivity contribution >= 4 is 60.7 Å². The van der Waals surface area contributed by atoms with Crippen molar-refractivity contribution in [2.45, 2.75) is 6.92 Å². The average Bonchev–Trinajstić information content (AvgIpc) is 2.30. The first-order valence-corrected chi connectivity index (χ1v) is 6.95. The first-order chi connectivity index (χ1) is 8.47. The highest BCUT2D eigenvalue weighted by molar-refractivity contribution is 9.11. The van der Waals surface area contributed by atoms with E-state index < -0.39 is 0 Å². The van der Waals surface area contributed by atoms with Crippen LogP contribution in [0.15, 0.2) is 27.1 Å². The van der Waals surface area contributed by atoms with Crippen LogP contribution in [0.1, 0.15) is 5.69 Å². The van der Waals surface area contributed by atoms with Gasteiger partial charge in [-0.15, -0.1) is 0 Å². The van der Waals surface area contributed by atoms with E-state index in [9.17, 15) is 0 Å². The molecular formula is C11H9Br2ClN4. The van der Waals surface area contributed by atoms with Crippen LogP contribution in [0.5, 0.6) is 0 Å². The minimum atomic E-state index is 0.162. The molecule has 7 heteroatoms. The Hall–Kier alpha value is -0.850. The molecule has 1 heterocycles. The van der Waals surface area contributed by atoms with E-state index in [1.165, 1.54) is 0 Å². The second kappa shape index (κ2) is 5.42. The number of aromatic nitrogens is 2. The average molecular weight is 392 g/mol. The third-order valence-corrected chi connectivity index (χ3v) is 3.64. The second-order valence-electron chi connectivity index (χ2n) is 3.59. The van der Waals surface area contributed by atoms with Gasteiger partial charge in [0.05, 0.1) is 17.1 Å². The standard InChI is InChI=1S/C11H9Br2ClN4/c1-5-9(15)10(18-11(14)16-5)17-8-4-6(12)2-3-7(8)13/h2-4H,15H2,1H3,(H,16,17,18). The molecule has 0 unspecified atom stereocenters. The number of rotatable bonds is 2. The van der Waals surface area contributed by atoms with Crippen molar-refractivity contribution in [2.24, 2.45) is 0 Å². The van der Waals surface area contributed by atoms with Crippen molar-refractivity contribution < 1.29 is 0 Å². The van der Waals surface area contributed by atoms with E-state index in [0.717, 1.165) is 14.6 Å². The molecule has 18 heavy (non-hydrogen) atoms. The third-order valence-electron chi connectivity index (χ3n) is 2.29. The Morgan fingerprint density at radius 2 is 2.00 bits per heavy atom. The van der Waals surface area contributed by atoms with Gasteiger partial charge in [-0.05, 0) is 52.7 Å². The number of halogens is 3. The van der Waals surface area contributed by atoms with Crippen molar-refractivity contribution in [2.75, 3.05) is 11.1 Å². The molecule has 2 rings (SSSR count). The van der Waals surface area contributed by atoms with E-state index in [4.69, 9.17) is 17.3 Å². The highest BCUT2D eigenvalue weighted by Gasteiger charge is 2.09. The van der Waals surface area contributed by atoms with Gasteiger partial charge in [-0.3, -0.25) is 0 Å². The smallest absolute Gasteiger partial charge is 0.224 e. The zero-order chi connectivity index (χ0) is 13.3. The fourth-order valence-corrected chi connectivity index (χ4v) is 2.28. The lowest BCUT2D eigenvalue weighted by Crippen LogP contribution is -2.04. The fourth-order valence-electron chi connectivity index (χ4n) is 1.36. The number of aryl methyl sites for hydroxylation is 1. The number of anilines is 3. The number of nitrogen functional groups attached to an aromatic ring is 1. The molecule has 0 aliphatic heterocycles. The molecule has 0 radical (unpaired) electrons. The lowest BCUT2D eigenvalue weighted by atomic mass is 10.3. The Kier molecular flexibility index (Phi) is 4.09. The topological polar surface area (TPSA) is 63.8 Å². The normalized spacial score (nSPS) is 10.4. The molecular weight excluding hydrogens is 383 g/mol. The van der Waals surface area contributed by atoms with Gasteiger partial charge in [-0.1, -0.05) is 15.9 Å². The van der Waals surface area contributed by atoms with Gasteiger partial charge in [0.1, 0.15) is 0 Å². The SMILES string of the molecule is Cc1nc(Cl)nc(Nc2cc(Br)ccc2Br)c1N. The molecule has 0 atom stereocenters. The zero-order valence-corrected chi connectivity index (χ0v) is 13.3. The van der Waals surface area contributed by atoms with Crippen LogP contribution < -0.4 is 11.1 Å². The molecule has 2 aromatic rings. The lowest BCUT2D eigenvalue weighted by Gasteiger charge is -2.11. The molecule has 0 aliphatic rings. The van der Waals surface area contributed by atoms with Crippen LogP contribution in [0.3, 0.4) is 0 Å². The van der Waals surface area contributed by atoms with E-state index >= 15 is 0 Å². The summed E-state index contributed by atoms with van der Waals surface area (Å²) in [6.07, 6.45) is 0. The van der Waals surface area contributed by atoms with Gasteiger partial charge in [0.25, 0.3) is 0 Å². The van der Waals surface area contributed by atoms with Crippen molar-refractivity contribution in [3.63, 3.8) is 0 Å². The molecule has 1 aromatic heterocycles. The maximum Gasteiger partial charge on any atom is 0.224 e. The van der Waals surface area contributed by atoms with Gasteiger partial charge in [-0.2, -0.15) is 4.98 Å². The number of benzene rings is 1. The number of nitrogens with one attached hydrogen (secondary N) is 1. The number of hydrogen-bond acceptors (Lipinski definition) is 4. The second-order valence-corrected chi connectivity index (χ2v) is 5.70. The van der Waals surface area contributed by atoms with Crippen LogP contribution in [0.4, 0.5) is 17.2 Å².